The molecule has 0 radical (unpaired) electrons. The third-order valence-electron chi connectivity index (χ3n) is 4.22. The van der Waals surface area contributed by atoms with Gasteiger partial charge >= 0.3 is 0 Å². The van der Waals surface area contributed by atoms with Crippen molar-refractivity contribution in [3.8, 4) is 6.07 Å². The van der Waals surface area contributed by atoms with Gasteiger partial charge in [-0.1, -0.05) is 0 Å². The van der Waals surface area contributed by atoms with Crippen molar-refractivity contribution in [2.75, 3.05) is 32.7 Å². The number of β-amino-alcohol motifs (C(OH)–C–C–N with tert-alkyl or cyclic N) is 1. The minimum Gasteiger partial charge on any atom is -0.467 e. The Labute approximate surface area is 140 Å². The summed E-state index contributed by atoms with van der Waals surface area (Å²) in [6.45, 7) is 3.14. The predicted molar refractivity (Wildman–Crippen MR) is 87.2 cm³/mol. The maximum absolute atomic E-state index is 12.5. The van der Waals surface area contributed by atoms with E-state index in [1.165, 1.54) is 0 Å². The van der Waals surface area contributed by atoms with Crippen LogP contribution in [0.5, 0.6) is 0 Å². The molecule has 2 heterocycles. The van der Waals surface area contributed by atoms with Crippen LogP contribution in [-0.2, 0) is 0 Å². The lowest BCUT2D eigenvalue weighted by molar-refractivity contribution is 0.0486. The second-order valence-electron chi connectivity index (χ2n) is 5.81. The van der Waals surface area contributed by atoms with Gasteiger partial charge in [0.2, 0.25) is 0 Å². The van der Waals surface area contributed by atoms with E-state index in [1.54, 1.807) is 47.6 Å². The number of piperazine rings is 1. The number of aliphatic hydroxyl groups is 1. The molecule has 1 N–H and O–H groups in total. The Morgan fingerprint density at radius 1 is 1.21 bits per heavy atom. The van der Waals surface area contributed by atoms with Gasteiger partial charge in [0.15, 0.2) is 0 Å². The summed E-state index contributed by atoms with van der Waals surface area (Å²) in [6.07, 6.45) is 0.896. The van der Waals surface area contributed by atoms with Gasteiger partial charge in [0.05, 0.1) is 17.9 Å². The Bertz CT molecular complexity index is 711. The van der Waals surface area contributed by atoms with E-state index < -0.39 is 6.10 Å². The van der Waals surface area contributed by atoms with Crippen molar-refractivity contribution in [2.24, 2.45) is 0 Å². The van der Waals surface area contributed by atoms with Gasteiger partial charge in [0.1, 0.15) is 11.9 Å². The molecule has 0 aliphatic carbocycles. The number of nitrogens with zero attached hydrogens (tertiary/aromatic N) is 3. The summed E-state index contributed by atoms with van der Waals surface area (Å²) in [5, 5.41) is 18.9. The van der Waals surface area contributed by atoms with Crippen LogP contribution in [0.1, 0.15) is 27.8 Å². The molecule has 0 spiro atoms. The molecule has 0 saturated carbocycles. The fraction of sp³-hybridized carbons (Fsp3) is 0.333. The number of benzene rings is 1. The van der Waals surface area contributed by atoms with Crippen molar-refractivity contribution in [1.29, 1.82) is 5.26 Å². The molecule has 1 fully saturated rings. The maximum atomic E-state index is 12.5. The van der Waals surface area contributed by atoms with E-state index in [-0.39, 0.29) is 5.91 Å². The molecule has 6 nitrogen and oxygen atoms in total. The fourth-order valence-corrected chi connectivity index (χ4v) is 2.82. The predicted octanol–water partition coefficient (Wildman–Crippen LogP) is 1.64. The molecule has 1 unspecified atom stereocenters. The molecule has 6 heteroatoms. The number of carbonyl (C=O) groups excluding carboxylic acids is 1. The first kappa shape index (κ1) is 16.2. The quantitative estimate of drug-likeness (QED) is 0.924. The third-order valence-corrected chi connectivity index (χ3v) is 4.22. The van der Waals surface area contributed by atoms with Crippen LogP contribution in [0.3, 0.4) is 0 Å². The molecule has 1 aliphatic rings. The zero-order valence-electron chi connectivity index (χ0n) is 13.3. The molecule has 2 aromatic rings. The Hall–Kier alpha value is -2.62. The average Bonchev–Trinajstić information content (AvgIpc) is 3.17. The van der Waals surface area contributed by atoms with E-state index in [4.69, 9.17) is 9.68 Å². The van der Waals surface area contributed by atoms with Crippen LogP contribution in [0.15, 0.2) is 47.1 Å². The van der Waals surface area contributed by atoms with Crippen LogP contribution in [0, 0.1) is 11.3 Å². The highest BCUT2D eigenvalue weighted by molar-refractivity contribution is 5.94. The number of amides is 1. The number of furan rings is 1. The van der Waals surface area contributed by atoms with Crippen molar-refractivity contribution >= 4 is 5.91 Å². The minimum absolute atomic E-state index is 0.0225. The Morgan fingerprint density at radius 3 is 2.50 bits per heavy atom. The lowest BCUT2D eigenvalue weighted by Gasteiger charge is -2.35. The smallest absolute Gasteiger partial charge is 0.253 e. The first-order chi connectivity index (χ1) is 11.7. The van der Waals surface area contributed by atoms with Crippen molar-refractivity contribution in [1.82, 2.24) is 9.80 Å². The summed E-state index contributed by atoms with van der Waals surface area (Å²) in [5.74, 6) is 0.539. The van der Waals surface area contributed by atoms with Crippen molar-refractivity contribution in [2.45, 2.75) is 6.10 Å². The highest BCUT2D eigenvalue weighted by Gasteiger charge is 2.24. The zero-order chi connectivity index (χ0) is 16.9. The molecule has 1 atom stereocenters. The molecule has 1 aromatic heterocycles. The van der Waals surface area contributed by atoms with Gasteiger partial charge in [-0.15, -0.1) is 0 Å². The van der Waals surface area contributed by atoms with Gasteiger partial charge in [0, 0.05) is 38.3 Å². The number of hydrogen-bond acceptors (Lipinski definition) is 5. The summed E-state index contributed by atoms with van der Waals surface area (Å²) in [7, 11) is 0. The highest BCUT2D eigenvalue weighted by atomic mass is 16.4. The monoisotopic (exact) mass is 325 g/mol. The molecule has 1 amide bonds. The minimum atomic E-state index is -0.652. The summed E-state index contributed by atoms with van der Waals surface area (Å²) < 4.78 is 5.21. The van der Waals surface area contributed by atoms with E-state index in [0.29, 0.717) is 49.6 Å². The van der Waals surface area contributed by atoms with E-state index in [2.05, 4.69) is 4.90 Å². The number of rotatable bonds is 4. The topological polar surface area (TPSA) is 80.7 Å². The van der Waals surface area contributed by atoms with E-state index >= 15 is 0 Å². The molecule has 1 aromatic carbocycles. The van der Waals surface area contributed by atoms with Gasteiger partial charge in [0.25, 0.3) is 5.91 Å². The fourth-order valence-electron chi connectivity index (χ4n) is 2.82. The SMILES string of the molecule is N#Cc1ccc(C(=O)N2CCN(CC(O)c3ccco3)CC2)cc1. The summed E-state index contributed by atoms with van der Waals surface area (Å²) >= 11 is 0. The van der Waals surface area contributed by atoms with Gasteiger partial charge < -0.3 is 14.4 Å². The summed E-state index contributed by atoms with van der Waals surface area (Å²) in [5.41, 5.74) is 1.14. The Balaban J connectivity index is 1.52. The van der Waals surface area contributed by atoms with E-state index in [9.17, 15) is 9.90 Å². The number of hydrogen-bond donors (Lipinski definition) is 1. The van der Waals surface area contributed by atoms with E-state index in [0.717, 1.165) is 0 Å². The number of carbonyl (C=O) groups is 1. The lowest BCUT2D eigenvalue weighted by Crippen LogP contribution is -2.49. The molecule has 124 valence electrons. The standard InChI is InChI=1S/C18H19N3O3/c19-12-14-3-5-15(6-4-14)18(23)21-9-7-20(8-10-21)13-16(22)17-2-1-11-24-17/h1-6,11,16,22H,7-10,13H2. The summed E-state index contributed by atoms with van der Waals surface area (Å²) in [6, 6.07) is 12.2. The van der Waals surface area contributed by atoms with Crippen molar-refractivity contribution < 1.29 is 14.3 Å². The Morgan fingerprint density at radius 2 is 1.92 bits per heavy atom. The molecule has 3 rings (SSSR count). The first-order valence-corrected chi connectivity index (χ1v) is 7.90. The molecule has 1 saturated heterocycles. The second kappa shape index (κ2) is 7.30. The van der Waals surface area contributed by atoms with Crippen LogP contribution in [-0.4, -0.2) is 53.5 Å². The van der Waals surface area contributed by atoms with Crippen LogP contribution < -0.4 is 0 Å². The van der Waals surface area contributed by atoms with Crippen LogP contribution in [0.25, 0.3) is 0 Å². The molecule has 1 aliphatic heterocycles. The van der Waals surface area contributed by atoms with E-state index in [1.807, 2.05) is 6.07 Å². The highest BCUT2D eigenvalue weighted by Crippen LogP contribution is 2.16. The van der Waals surface area contributed by atoms with Gasteiger partial charge in [-0.3, -0.25) is 9.69 Å². The van der Waals surface area contributed by atoms with Crippen LogP contribution in [0.2, 0.25) is 0 Å². The van der Waals surface area contributed by atoms with Crippen molar-refractivity contribution in [3.63, 3.8) is 0 Å². The van der Waals surface area contributed by atoms with Crippen molar-refractivity contribution in [3.05, 3.63) is 59.5 Å². The van der Waals surface area contributed by atoms with Gasteiger partial charge in [-0.05, 0) is 36.4 Å². The molecule has 0 bridgehead atoms. The largest absolute Gasteiger partial charge is 0.467 e. The van der Waals surface area contributed by atoms with Gasteiger partial charge in [-0.2, -0.15) is 5.26 Å². The average molecular weight is 325 g/mol. The Kier molecular flexibility index (Phi) is 4.94. The second-order valence-corrected chi connectivity index (χ2v) is 5.81. The van der Waals surface area contributed by atoms with Crippen LogP contribution >= 0.6 is 0 Å². The maximum Gasteiger partial charge on any atom is 0.253 e. The number of nitriles is 1. The molecule has 24 heavy (non-hydrogen) atoms. The molecular weight excluding hydrogens is 306 g/mol. The third kappa shape index (κ3) is 3.65. The zero-order valence-corrected chi connectivity index (χ0v) is 13.3. The molecular formula is C18H19N3O3. The first-order valence-electron chi connectivity index (χ1n) is 7.90. The normalized spacial score (nSPS) is 16.6. The van der Waals surface area contributed by atoms with Gasteiger partial charge in [-0.25, -0.2) is 0 Å². The summed E-state index contributed by atoms with van der Waals surface area (Å²) in [4.78, 5) is 16.4. The lowest BCUT2D eigenvalue weighted by atomic mass is 10.1. The van der Waals surface area contributed by atoms with Crippen LogP contribution in [0.4, 0.5) is 0 Å². The number of aliphatic hydroxyl groups excluding tert-OH is 1.